The van der Waals surface area contributed by atoms with Crippen LogP contribution in [0, 0.1) is 114 Å². The van der Waals surface area contributed by atoms with Crippen molar-refractivity contribution in [2.24, 2.45) is 0 Å². The van der Waals surface area contributed by atoms with E-state index in [0.29, 0.717) is 0 Å². The highest BCUT2D eigenvalue weighted by Gasteiger charge is 2.45. The van der Waals surface area contributed by atoms with Crippen LogP contribution in [0.3, 0.4) is 0 Å². The predicted octanol–water partition coefficient (Wildman–Crippen LogP) is 8.52. The Labute approximate surface area is 294 Å². The summed E-state index contributed by atoms with van der Waals surface area (Å²) in [4.78, 5) is 0. The predicted molar refractivity (Wildman–Crippen MR) is 160 cm³/mol. The first-order valence-electron chi connectivity index (χ1n) is 14.0. The number of fused-ring (bicyclic) bond motifs is 2. The molecular weight excluding hydrogens is 734 g/mol. The molecule has 3 aromatic carbocycles. The molecule has 0 heterocycles. The van der Waals surface area contributed by atoms with Crippen molar-refractivity contribution in [2.45, 2.75) is 12.4 Å². The summed E-state index contributed by atoms with van der Waals surface area (Å²) in [5.74, 6) is -8.93. The second kappa shape index (κ2) is 12.9. The molecule has 0 radical (unpaired) electrons. The molecule has 0 amide bonds. The molecule has 2 aliphatic carbocycles. The minimum Gasteiger partial charge on any atom is -0.206 e. The van der Waals surface area contributed by atoms with E-state index in [0.717, 1.165) is 0 Å². The molecule has 0 aliphatic heterocycles. The normalized spacial score (nSPS) is 13.0. The lowest BCUT2D eigenvalue weighted by atomic mass is 9.82. The van der Waals surface area contributed by atoms with Crippen LogP contribution >= 0.6 is 0 Å². The number of alkyl halides is 6. The number of allylic oxidation sites excluding steroid dienone is 8. The third kappa shape index (κ3) is 5.25. The monoisotopic (exact) mass is 738 g/mol. The summed E-state index contributed by atoms with van der Waals surface area (Å²) in [6, 6.07) is 12.2. The molecular formula is C36H4F10N8. The highest BCUT2D eigenvalue weighted by atomic mass is 19.4. The fourth-order valence-electron chi connectivity index (χ4n) is 6.27. The Kier molecular flexibility index (Phi) is 8.84. The van der Waals surface area contributed by atoms with Crippen LogP contribution in [0.4, 0.5) is 43.9 Å². The number of nitriles is 8. The average Bonchev–Trinajstić information content (AvgIpc) is 3.60. The second-order valence-corrected chi connectivity index (χ2v) is 10.8. The van der Waals surface area contributed by atoms with Gasteiger partial charge in [-0.2, -0.15) is 68.4 Å². The molecule has 3 aromatic rings. The van der Waals surface area contributed by atoms with Crippen LogP contribution in [-0.4, -0.2) is 0 Å². The van der Waals surface area contributed by atoms with Gasteiger partial charge in [-0.25, -0.2) is 17.6 Å². The molecule has 0 unspecified atom stereocenters. The Bertz CT molecular complexity index is 2540. The van der Waals surface area contributed by atoms with Crippen molar-refractivity contribution < 1.29 is 43.9 Å². The lowest BCUT2D eigenvalue weighted by Gasteiger charge is -2.16. The number of hydrogen-bond donors (Lipinski definition) is 0. The summed E-state index contributed by atoms with van der Waals surface area (Å²) in [5.41, 5.74) is -18.8. The average molecular weight is 738 g/mol. The molecule has 0 saturated heterocycles. The van der Waals surface area contributed by atoms with Crippen molar-refractivity contribution >= 4 is 33.4 Å². The Morgan fingerprint density at radius 2 is 0.704 bits per heavy atom. The van der Waals surface area contributed by atoms with Gasteiger partial charge < -0.3 is 0 Å². The van der Waals surface area contributed by atoms with Gasteiger partial charge in [-0.1, -0.05) is 0 Å². The largest absolute Gasteiger partial charge is 0.422 e. The highest BCUT2D eigenvalue weighted by Crippen LogP contribution is 2.58. The molecule has 18 heteroatoms. The zero-order valence-corrected chi connectivity index (χ0v) is 25.7. The van der Waals surface area contributed by atoms with Crippen molar-refractivity contribution in [2.75, 3.05) is 0 Å². The summed E-state index contributed by atoms with van der Waals surface area (Å²) < 4.78 is 140. The Morgan fingerprint density at radius 1 is 0.426 bits per heavy atom. The van der Waals surface area contributed by atoms with E-state index in [1.54, 1.807) is 24.3 Å². The van der Waals surface area contributed by atoms with Gasteiger partial charge in [0, 0.05) is 44.5 Å². The Morgan fingerprint density at radius 3 is 0.907 bits per heavy atom. The van der Waals surface area contributed by atoms with Crippen LogP contribution < -0.4 is 0 Å². The van der Waals surface area contributed by atoms with E-state index in [4.69, 9.17) is 0 Å². The molecule has 0 saturated carbocycles. The van der Waals surface area contributed by atoms with Crippen LogP contribution in [-0.2, 0) is 12.4 Å². The maximum absolute atomic E-state index is 14.9. The van der Waals surface area contributed by atoms with E-state index in [1.807, 2.05) is 0 Å². The Balaban J connectivity index is 2.08. The van der Waals surface area contributed by atoms with Crippen LogP contribution in [0.15, 0.2) is 35.4 Å². The van der Waals surface area contributed by atoms with E-state index in [1.165, 1.54) is 24.3 Å². The first-order chi connectivity index (χ1) is 25.4. The molecule has 0 spiro atoms. The van der Waals surface area contributed by atoms with Gasteiger partial charge in [-0.15, -0.1) is 0 Å². The van der Waals surface area contributed by atoms with E-state index in [-0.39, 0.29) is 24.3 Å². The van der Waals surface area contributed by atoms with Crippen molar-refractivity contribution in [1.82, 2.24) is 0 Å². The maximum Gasteiger partial charge on any atom is 0.422 e. The fourth-order valence-corrected chi connectivity index (χ4v) is 6.27. The topological polar surface area (TPSA) is 190 Å². The van der Waals surface area contributed by atoms with Gasteiger partial charge in [0.2, 0.25) is 0 Å². The van der Waals surface area contributed by atoms with E-state index < -0.39 is 136 Å². The number of benzene rings is 3. The summed E-state index contributed by atoms with van der Waals surface area (Å²) in [6.45, 7) is 0. The van der Waals surface area contributed by atoms with E-state index in [9.17, 15) is 86.0 Å². The first kappa shape index (κ1) is 37.1. The number of rotatable bonds is 2. The first-order valence-corrected chi connectivity index (χ1v) is 14.0. The van der Waals surface area contributed by atoms with Crippen LogP contribution in [0.1, 0.15) is 55.6 Å². The molecule has 0 fully saturated rings. The third-order valence-electron chi connectivity index (χ3n) is 8.12. The quantitative estimate of drug-likeness (QED) is 0.185. The molecule has 5 rings (SSSR count). The lowest BCUT2D eigenvalue weighted by Crippen LogP contribution is -2.12. The molecule has 258 valence electrons. The van der Waals surface area contributed by atoms with Gasteiger partial charge >= 0.3 is 12.4 Å². The minimum atomic E-state index is -5.58. The Hall–Kier alpha value is -8.16. The van der Waals surface area contributed by atoms with Crippen molar-refractivity contribution in [3.8, 4) is 48.6 Å². The third-order valence-corrected chi connectivity index (χ3v) is 8.12. The molecule has 8 nitrogen and oxygen atoms in total. The van der Waals surface area contributed by atoms with Gasteiger partial charge in [0.25, 0.3) is 0 Å². The zero-order valence-electron chi connectivity index (χ0n) is 25.7. The lowest BCUT2D eigenvalue weighted by molar-refractivity contribution is -0.143. The molecule has 0 aromatic heterocycles. The van der Waals surface area contributed by atoms with Gasteiger partial charge in [-0.3, -0.25) is 0 Å². The van der Waals surface area contributed by atoms with Crippen molar-refractivity contribution in [3.05, 3.63) is 114 Å². The van der Waals surface area contributed by atoms with Gasteiger partial charge in [0.1, 0.15) is 94.1 Å². The molecule has 0 N–H and O–H groups in total. The number of nitrogens with zero attached hydrogens (tertiary/aromatic N) is 8. The van der Waals surface area contributed by atoms with Crippen molar-refractivity contribution in [3.63, 3.8) is 0 Å². The molecule has 0 atom stereocenters. The van der Waals surface area contributed by atoms with Gasteiger partial charge in [-0.05, 0) is 35.4 Å². The van der Waals surface area contributed by atoms with Crippen molar-refractivity contribution in [1.29, 1.82) is 42.1 Å². The summed E-state index contributed by atoms with van der Waals surface area (Å²) in [7, 11) is 0. The summed E-state index contributed by atoms with van der Waals surface area (Å²) in [6.07, 6.45) is -11.2. The second-order valence-electron chi connectivity index (χ2n) is 10.8. The van der Waals surface area contributed by atoms with Crippen LogP contribution in [0.5, 0.6) is 0 Å². The maximum atomic E-state index is 14.9. The van der Waals surface area contributed by atoms with E-state index >= 15 is 0 Å². The molecule has 0 bridgehead atoms. The van der Waals surface area contributed by atoms with Crippen LogP contribution in [0.25, 0.3) is 33.4 Å². The summed E-state index contributed by atoms with van der Waals surface area (Å²) >= 11 is 0. The fraction of sp³-hybridized carbons (Fsp3) is 0.0556. The summed E-state index contributed by atoms with van der Waals surface area (Å²) in [5, 5.41) is 81.5. The minimum absolute atomic E-state index is 0.0871. The standard InChI is InChI=1S/C36H4F10N8/c37-21-1-13(2-22(38)33(21)35(41,42)43)25-17(9-51)29-19(11-53)32-28(16(7-49)8-50)26(14-3-23(39)34(24(40)4-14)36(44,45)46)18(10-52)30(32)20(12-54)31(29)27(25)15(5-47)6-48/h1-4H. The number of hydrogen-bond acceptors (Lipinski definition) is 8. The SMILES string of the molecule is N#CC(C#N)=C1C(c2cc(F)c(C(F)(F)F)c(F)c2)=C(C#N)c2c(C#N)c3c(c(C#N)c21)C(C#N)=C(c1cc(F)c(C(F)(F)F)c(F)c1)C3=C(C#N)C#N. The van der Waals surface area contributed by atoms with Gasteiger partial charge in [0.15, 0.2) is 0 Å². The van der Waals surface area contributed by atoms with Crippen LogP contribution in [0.2, 0.25) is 0 Å². The molecule has 2 aliphatic rings. The highest BCUT2D eigenvalue weighted by molar-refractivity contribution is 6.32. The van der Waals surface area contributed by atoms with Gasteiger partial charge in [0.05, 0.1) is 22.3 Å². The zero-order chi connectivity index (χ0) is 40.2. The van der Waals surface area contributed by atoms with E-state index in [2.05, 4.69) is 0 Å². The smallest absolute Gasteiger partial charge is 0.206 e. The molecule has 54 heavy (non-hydrogen) atoms. The number of halogens is 10.